The van der Waals surface area contributed by atoms with E-state index in [1.807, 2.05) is 0 Å². The topological polar surface area (TPSA) is 39.7 Å². The summed E-state index contributed by atoms with van der Waals surface area (Å²) in [5, 5.41) is 3.62. The molecule has 0 bridgehead atoms. The van der Waals surface area contributed by atoms with Crippen LogP contribution in [-0.4, -0.2) is 32.2 Å². The van der Waals surface area contributed by atoms with Crippen molar-refractivity contribution < 1.29 is 14.2 Å². The van der Waals surface area contributed by atoms with E-state index in [4.69, 9.17) is 14.2 Å². The lowest BCUT2D eigenvalue weighted by Gasteiger charge is -2.36. The quantitative estimate of drug-likeness (QED) is 0.918. The fourth-order valence-electron chi connectivity index (χ4n) is 3.14. The maximum absolute atomic E-state index is 5.76. The highest BCUT2D eigenvalue weighted by atomic mass is 16.7. The van der Waals surface area contributed by atoms with Crippen molar-refractivity contribution in [1.82, 2.24) is 0 Å². The van der Waals surface area contributed by atoms with Gasteiger partial charge in [-0.2, -0.15) is 0 Å². The van der Waals surface area contributed by atoms with Gasteiger partial charge in [0.15, 0.2) is 5.79 Å². The Morgan fingerprint density at radius 2 is 2.00 bits per heavy atom. The smallest absolute Gasteiger partial charge is 0.168 e. The minimum Gasteiger partial charge on any atom is -0.382 e. The molecule has 1 aromatic carbocycles. The molecule has 1 saturated heterocycles. The van der Waals surface area contributed by atoms with Crippen LogP contribution >= 0.6 is 0 Å². The number of benzene rings is 1. The van der Waals surface area contributed by atoms with Crippen molar-refractivity contribution in [3.05, 3.63) is 29.8 Å². The molecule has 1 aromatic rings. The predicted octanol–water partition coefficient (Wildman–Crippen LogP) is 2.93. The molecule has 20 heavy (non-hydrogen) atoms. The van der Waals surface area contributed by atoms with Gasteiger partial charge in [-0.15, -0.1) is 0 Å². The summed E-state index contributed by atoms with van der Waals surface area (Å²) in [6.45, 7) is 2.15. The monoisotopic (exact) mass is 277 g/mol. The van der Waals surface area contributed by atoms with E-state index in [9.17, 15) is 0 Å². The van der Waals surface area contributed by atoms with Crippen LogP contribution in [0.25, 0.3) is 0 Å². The van der Waals surface area contributed by atoms with Crippen molar-refractivity contribution in [2.24, 2.45) is 0 Å². The first-order valence-corrected chi connectivity index (χ1v) is 7.42. The molecular formula is C16H23NO3. The second kappa shape index (κ2) is 6.12. The van der Waals surface area contributed by atoms with Crippen LogP contribution in [0.1, 0.15) is 31.2 Å². The Balaban J connectivity index is 1.55. The molecule has 2 aliphatic rings. The Labute approximate surface area is 120 Å². The molecule has 3 rings (SSSR count). The zero-order chi connectivity index (χ0) is 13.8. The molecule has 0 unspecified atom stereocenters. The normalized spacial score (nSPS) is 22.2. The van der Waals surface area contributed by atoms with Gasteiger partial charge in [0, 0.05) is 31.7 Å². The number of hydrogen-bond donors (Lipinski definition) is 1. The standard InChI is InChI=1S/C16H23NO3/c1-18-12-13-3-2-4-15(11-13)17-14-5-7-16(8-6-14)19-9-10-20-16/h2-4,11,14,17H,5-10,12H2,1H3. The lowest BCUT2D eigenvalue weighted by Crippen LogP contribution is -2.39. The van der Waals surface area contributed by atoms with Gasteiger partial charge >= 0.3 is 0 Å². The van der Waals surface area contributed by atoms with Gasteiger partial charge in [0.1, 0.15) is 0 Å². The second-order valence-electron chi connectivity index (χ2n) is 5.66. The van der Waals surface area contributed by atoms with Crippen molar-refractivity contribution in [3.63, 3.8) is 0 Å². The van der Waals surface area contributed by atoms with Crippen LogP contribution < -0.4 is 5.32 Å². The van der Waals surface area contributed by atoms with Crippen LogP contribution in [0.4, 0.5) is 5.69 Å². The van der Waals surface area contributed by atoms with Crippen molar-refractivity contribution in [3.8, 4) is 0 Å². The SMILES string of the molecule is COCc1cccc(NC2CCC3(CC2)OCCO3)c1. The number of rotatable bonds is 4. The highest BCUT2D eigenvalue weighted by molar-refractivity contribution is 5.46. The third kappa shape index (κ3) is 3.14. The molecule has 2 fully saturated rings. The molecule has 1 heterocycles. The van der Waals surface area contributed by atoms with E-state index in [1.54, 1.807) is 7.11 Å². The van der Waals surface area contributed by atoms with Gasteiger partial charge in [-0.3, -0.25) is 0 Å². The Kier molecular flexibility index (Phi) is 4.24. The van der Waals surface area contributed by atoms with E-state index >= 15 is 0 Å². The Bertz CT molecular complexity index is 433. The van der Waals surface area contributed by atoms with Gasteiger partial charge in [0.2, 0.25) is 0 Å². The number of anilines is 1. The zero-order valence-corrected chi connectivity index (χ0v) is 12.1. The summed E-state index contributed by atoms with van der Waals surface area (Å²) in [6.07, 6.45) is 4.16. The first kappa shape index (κ1) is 13.9. The number of ether oxygens (including phenoxy) is 3. The summed E-state index contributed by atoms with van der Waals surface area (Å²) in [7, 11) is 1.72. The van der Waals surface area contributed by atoms with Crippen molar-refractivity contribution in [2.75, 3.05) is 25.6 Å². The molecule has 4 nitrogen and oxygen atoms in total. The summed E-state index contributed by atoms with van der Waals surface area (Å²) < 4.78 is 16.7. The molecule has 0 amide bonds. The largest absolute Gasteiger partial charge is 0.382 e. The van der Waals surface area contributed by atoms with Gasteiger partial charge < -0.3 is 19.5 Å². The van der Waals surface area contributed by atoms with E-state index in [2.05, 4.69) is 29.6 Å². The minimum atomic E-state index is -0.268. The second-order valence-corrected chi connectivity index (χ2v) is 5.66. The lowest BCUT2D eigenvalue weighted by molar-refractivity contribution is -0.177. The first-order chi connectivity index (χ1) is 9.80. The Hall–Kier alpha value is -1.10. The van der Waals surface area contributed by atoms with Crippen LogP contribution in [0.15, 0.2) is 24.3 Å². The fraction of sp³-hybridized carbons (Fsp3) is 0.625. The molecule has 0 atom stereocenters. The van der Waals surface area contributed by atoms with Crippen LogP contribution in [0.5, 0.6) is 0 Å². The molecular weight excluding hydrogens is 254 g/mol. The van der Waals surface area contributed by atoms with E-state index in [0.717, 1.165) is 38.9 Å². The van der Waals surface area contributed by atoms with Crippen LogP contribution in [0.3, 0.4) is 0 Å². The average molecular weight is 277 g/mol. The fourth-order valence-corrected chi connectivity index (χ4v) is 3.14. The van der Waals surface area contributed by atoms with Crippen LogP contribution in [0, 0.1) is 0 Å². The van der Waals surface area contributed by atoms with E-state index in [-0.39, 0.29) is 5.79 Å². The molecule has 1 spiro atoms. The van der Waals surface area contributed by atoms with E-state index in [1.165, 1.54) is 11.3 Å². The predicted molar refractivity (Wildman–Crippen MR) is 77.7 cm³/mol. The summed E-state index contributed by atoms with van der Waals surface area (Å²) in [5.74, 6) is -0.268. The maximum Gasteiger partial charge on any atom is 0.168 e. The van der Waals surface area contributed by atoms with Gasteiger partial charge in [0.05, 0.1) is 19.8 Å². The van der Waals surface area contributed by atoms with Gasteiger partial charge in [0.25, 0.3) is 0 Å². The summed E-state index contributed by atoms with van der Waals surface area (Å²) in [5.41, 5.74) is 2.38. The van der Waals surface area contributed by atoms with Gasteiger partial charge in [-0.1, -0.05) is 12.1 Å². The number of nitrogens with one attached hydrogen (secondary N) is 1. The molecule has 1 aliphatic carbocycles. The number of hydrogen-bond acceptors (Lipinski definition) is 4. The number of methoxy groups -OCH3 is 1. The molecule has 1 saturated carbocycles. The molecule has 0 radical (unpaired) electrons. The third-order valence-electron chi connectivity index (χ3n) is 4.17. The van der Waals surface area contributed by atoms with Gasteiger partial charge in [-0.05, 0) is 30.5 Å². The first-order valence-electron chi connectivity index (χ1n) is 7.42. The van der Waals surface area contributed by atoms with Crippen molar-refractivity contribution >= 4 is 5.69 Å². The third-order valence-corrected chi connectivity index (χ3v) is 4.17. The van der Waals surface area contributed by atoms with E-state index < -0.39 is 0 Å². The zero-order valence-electron chi connectivity index (χ0n) is 12.1. The lowest BCUT2D eigenvalue weighted by atomic mass is 9.90. The minimum absolute atomic E-state index is 0.268. The molecule has 110 valence electrons. The highest BCUT2D eigenvalue weighted by Gasteiger charge is 2.40. The van der Waals surface area contributed by atoms with Crippen LogP contribution in [-0.2, 0) is 20.8 Å². The molecule has 4 heteroatoms. The summed E-state index contributed by atoms with van der Waals surface area (Å²) in [6, 6.07) is 8.95. The average Bonchev–Trinajstić information content (AvgIpc) is 2.91. The molecule has 1 N–H and O–H groups in total. The van der Waals surface area contributed by atoms with Crippen LogP contribution in [0.2, 0.25) is 0 Å². The highest BCUT2D eigenvalue weighted by Crippen LogP contribution is 2.36. The van der Waals surface area contributed by atoms with Gasteiger partial charge in [-0.25, -0.2) is 0 Å². The Morgan fingerprint density at radius 3 is 2.70 bits per heavy atom. The summed E-state index contributed by atoms with van der Waals surface area (Å²) >= 11 is 0. The van der Waals surface area contributed by atoms with Crippen molar-refractivity contribution in [2.45, 2.75) is 44.1 Å². The maximum atomic E-state index is 5.76. The Morgan fingerprint density at radius 1 is 1.25 bits per heavy atom. The van der Waals surface area contributed by atoms with Crippen molar-refractivity contribution in [1.29, 1.82) is 0 Å². The molecule has 0 aromatic heterocycles. The van der Waals surface area contributed by atoms with E-state index in [0.29, 0.717) is 12.6 Å². The molecule has 1 aliphatic heterocycles. The summed E-state index contributed by atoms with van der Waals surface area (Å²) in [4.78, 5) is 0.